The Balaban J connectivity index is 2.08. The van der Waals surface area contributed by atoms with Crippen molar-refractivity contribution in [2.45, 2.75) is 65.0 Å². The molecule has 0 saturated heterocycles. The van der Waals surface area contributed by atoms with Crippen LogP contribution in [0.4, 0.5) is 5.69 Å². The molecule has 0 fully saturated rings. The van der Waals surface area contributed by atoms with Gasteiger partial charge in [-0.3, -0.25) is 19.5 Å². The number of pyridine rings is 1. The van der Waals surface area contributed by atoms with E-state index in [1.165, 1.54) is 11.3 Å². The Bertz CT molecular complexity index is 1060. The number of thiophene rings is 1. The van der Waals surface area contributed by atoms with Crippen LogP contribution < -0.4 is 10.2 Å². The van der Waals surface area contributed by atoms with Gasteiger partial charge in [0.1, 0.15) is 6.04 Å². The lowest BCUT2D eigenvalue weighted by Gasteiger charge is -2.33. The van der Waals surface area contributed by atoms with Gasteiger partial charge in [0.2, 0.25) is 11.8 Å². The summed E-state index contributed by atoms with van der Waals surface area (Å²) in [6, 6.07) is 12.8. The number of amides is 2. The van der Waals surface area contributed by atoms with Crippen LogP contribution in [0.2, 0.25) is 0 Å². The molecule has 0 aliphatic heterocycles. The van der Waals surface area contributed by atoms with Crippen molar-refractivity contribution < 1.29 is 9.59 Å². The second-order valence-electron chi connectivity index (χ2n) is 10.3. The van der Waals surface area contributed by atoms with Crippen molar-refractivity contribution in [1.82, 2.24) is 10.3 Å². The molecule has 2 aromatic heterocycles. The monoisotopic (exact) mass is 463 g/mol. The van der Waals surface area contributed by atoms with Crippen LogP contribution in [0.1, 0.15) is 64.3 Å². The summed E-state index contributed by atoms with van der Waals surface area (Å²) >= 11 is 1.51. The van der Waals surface area contributed by atoms with Crippen LogP contribution in [0.25, 0.3) is 0 Å². The first-order chi connectivity index (χ1) is 15.5. The van der Waals surface area contributed by atoms with Crippen LogP contribution in [-0.4, -0.2) is 22.3 Å². The first-order valence-corrected chi connectivity index (χ1v) is 12.1. The van der Waals surface area contributed by atoms with E-state index in [1.54, 1.807) is 17.3 Å². The quantitative estimate of drug-likeness (QED) is 0.512. The Hall–Kier alpha value is -2.99. The standard InChI is InChI=1S/C27H33N3O2S/c1-26(2,3)21-9-11-22(12-10-21)30(23(31)16-19-8-7-14-28-17-19)24(20-13-15-33-18-20)25(32)29-27(4,5)6/h7-15,17-18,24H,16H2,1-6H3,(H,29,32). The van der Waals surface area contributed by atoms with Gasteiger partial charge in [-0.15, -0.1) is 0 Å². The van der Waals surface area contributed by atoms with Gasteiger partial charge in [0.15, 0.2) is 0 Å². The molecule has 0 aliphatic carbocycles. The van der Waals surface area contributed by atoms with E-state index < -0.39 is 11.6 Å². The third-order valence-electron chi connectivity index (χ3n) is 5.22. The normalized spacial score (nSPS) is 12.8. The fraction of sp³-hybridized carbons (Fsp3) is 0.370. The number of nitrogens with zero attached hydrogens (tertiary/aromatic N) is 2. The average molecular weight is 464 g/mol. The minimum Gasteiger partial charge on any atom is -0.349 e. The third-order valence-corrected chi connectivity index (χ3v) is 5.92. The Morgan fingerprint density at radius 3 is 2.24 bits per heavy atom. The number of hydrogen-bond donors (Lipinski definition) is 1. The topological polar surface area (TPSA) is 62.3 Å². The maximum absolute atomic E-state index is 13.7. The van der Waals surface area contributed by atoms with Crippen LogP contribution in [0.15, 0.2) is 65.6 Å². The van der Waals surface area contributed by atoms with Crippen molar-refractivity contribution >= 4 is 28.8 Å². The van der Waals surface area contributed by atoms with Gasteiger partial charge in [-0.2, -0.15) is 11.3 Å². The molecule has 174 valence electrons. The van der Waals surface area contributed by atoms with E-state index >= 15 is 0 Å². The summed E-state index contributed by atoms with van der Waals surface area (Å²) in [5, 5.41) is 6.93. The molecule has 0 radical (unpaired) electrons. The Morgan fingerprint density at radius 1 is 1.03 bits per heavy atom. The number of anilines is 1. The van der Waals surface area contributed by atoms with Crippen molar-refractivity contribution in [2.75, 3.05) is 4.90 Å². The molecule has 1 N–H and O–H groups in total. The van der Waals surface area contributed by atoms with Gasteiger partial charge in [0.05, 0.1) is 6.42 Å². The number of hydrogen-bond acceptors (Lipinski definition) is 4. The predicted octanol–water partition coefficient (Wildman–Crippen LogP) is 5.67. The van der Waals surface area contributed by atoms with Gasteiger partial charge in [-0.1, -0.05) is 39.0 Å². The minimum absolute atomic E-state index is 0.0144. The maximum atomic E-state index is 13.7. The highest BCUT2D eigenvalue weighted by molar-refractivity contribution is 7.08. The largest absolute Gasteiger partial charge is 0.349 e. The van der Waals surface area contributed by atoms with Crippen molar-refractivity contribution in [3.05, 3.63) is 82.3 Å². The summed E-state index contributed by atoms with van der Waals surface area (Å²) in [5.41, 5.74) is 3.01. The van der Waals surface area contributed by atoms with E-state index in [1.807, 2.05) is 74.0 Å². The van der Waals surface area contributed by atoms with E-state index in [0.717, 1.165) is 16.7 Å². The molecule has 6 heteroatoms. The molecule has 0 spiro atoms. The van der Waals surface area contributed by atoms with Gasteiger partial charge in [0, 0.05) is 23.6 Å². The number of nitrogens with one attached hydrogen (secondary N) is 1. The molecule has 1 aromatic carbocycles. The fourth-order valence-corrected chi connectivity index (χ4v) is 4.29. The van der Waals surface area contributed by atoms with Crippen LogP contribution in [-0.2, 0) is 21.4 Å². The molecule has 0 saturated carbocycles. The number of benzene rings is 1. The van der Waals surface area contributed by atoms with Crippen molar-refractivity contribution in [3.8, 4) is 0 Å². The predicted molar refractivity (Wildman–Crippen MR) is 136 cm³/mol. The molecule has 2 amide bonds. The van der Waals surface area contributed by atoms with Crippen molar-refractivity contribution in [2.24, 2.45) is 0 Å². The summed E-state index contributed by atoms with van der Waals surface area (Å²) in [7, 11) is 0. The smallest absolute Gasteiger partial charge is 0.248 e. The third kappa shape index (κ3) is 6.51. The molecule has 1 unspecified atom stereocenters. The van der Waals surface area contributed by atoms with Gasteiger partial charge in [-0.25, -0.2) is 0 Å². The molecular formula is C27H33N3O2S. The minimum atomic E-state index is -0.778. The van der Waals surface area contributed by atoms with E-state index in [-0.39, 0.29) is 23.7 Å². The molecule has 5 nitrogen and oxygen atoms in total. The van der Waals surface area contributed by atoms with Crippen LogP contribution in [0, 0.1) is 0 Å². The Morgan fingerprint density at radius 2 is 1.73 bits per heavy atom. The van der Waals surface area contributed by atoms with Crippen molar-refractivity contribution in [3.63, 3.8) is 0 Å². The average Bonchev–Trinajstić information content (AvgIpc) is 3.25. The van der Waals surface area contributed by atoms with Crippen molar-refractivity contribution in [1.29, 1.82) is 0 Å². The summed E-state index contributed by atoms with van der Waals surface area (Å²) in [5.74, 6) is -0.368. The van der Waals surface area contributed by atoms with Gasteiger partial charge >= 0.3 is 0 Å². The van der Waals surface area contributed by atoms with Crippen LogP contribution in [0.5, 0.6) is 0 Å². The highest BCUT2D eigenvalue weighted by Gasteiger charge is 2.34. The number of carbonyl (C=O) groups excluding carboxylic acids is 2. The van der Waals surface area contributed by atoms with E-state index in [9.17, 15) is 9.59 Å². The molecule has 3 rings (SSSR count). The second kappa shape index (κ2) is 9.87. The van der Waals surface area contributed by atoms with Gasteiger partial charge in [0.25, 0.3) is 0 Å². The molecule has 0 aliphatic rings. The second-order valence-corrected chi connectivity index (χ2v) is 11.1. The van der Waals surface area contributed by atoms with E-state index in [4.69, 9.17) is 0 Å². The molecule has 33 heavy (non-hydrogen) atoms. The van der Waals surface area contributed by atoms with Crippen LogP contribution in [0.3, 0.4) is 0 Å². The lowest BCUT2D eigenvalue weighted by Crippen LogP contribution is -2.49. The molecule has 3 aromatic rings. The molecule has 0 bridgehead atoms. The van der Waals surface area contributed by atoms with E-state index in [2.05, 4.69) is 31.1 Å². The number of carbonyl (C=O) groups is 2. The van der Waals surface area contributed by atoms with Gasteiger partial charge in [-0.05, 0) is 77.9 Å². The summed E-state index contributed by atoms with van der Waals surface area (Å²) in [6.45, 7) is 12.3. The lowest BCUT2D eigenvalue weighted by atomic mass is 9.87. The zero-order valence-electron chi connectivity index (χ0n) is 20.3. The molecule has 1 atom stereocenters. The van der Waals surface area contributed by atoms with E-state index in [0.29, 0.717) is 5.69 Å². The van der Waals surface area contributed by atoms with Gasteiger partial charge < -0.3 is 5.32 Å². The first-order valence-electron chi connectivity index (χ1n) is 11.1. The molecular weight excluding hydrogens is 430 g/mol. The lowest BCUT2D eigenvalue weighted by molar-refractivity contribution is -0.127. The highest BCUT2D eigenvalue weighted by atomic mass is 32.1. The molecule has 2 heterocycles. The summed E-state index contributed by atoms with van der Waals surface area (Å²) < 4.78 is 0. The summed E-state index contributed by atoms with van der Waals surface area (Å²) in [4.78, 5) is 33.0. The highest BCUT2D eigenvalue weighted by Crippen LogP contribution is 2.32. The SMILES string of the molecule is CC(C)(C)NC(=O)C(c1ccsc1)N(C(=O)Cc1cccnc1)c1ccc(C(C)(C)C)cc1. The zero-order valence-corrected chi connectivity index (χ0v) is 21.1. The first kappa shape index (κ1) is 24.6. The maximum Gasteiger partial charge on any atom is 0.248 e. The van der Waals surface area contributed by atoms with Crippen LogP contribution >= 0.6 is 11.3 Å². The Labute approximate surface area is 200 Å². The fourth-order valence-electron chi connectivity index (χ4n) is 3.61. The summed E-state index contributed by atoms with van der Waals surface area (Å²) in [6.07, 6.45) is 3.52. The number of rotatable bonds is 6. The number of aromatic nitrogens is 1. The Kier molecular flexibility index (Phi) is 7.38. The zero-order chi connectivity index (χ0) is 24.2.